The molecule has 0 bridgehead atoms. The quantitative estimate of drug-likeness (QED) is 0.0535. The van der Waals surface area contributed by atoms with Gasteiger partial charge in [0.15, 0.2) is 0 Å². The van der Waals surface area contributed by atoms with Gasteiger partial charge < -0.3 is 16.2 Å². The maximum Gasteiger partial charge on any atom is 1.00 e. The van der Waals surface area contributed by atoms with E-state index in [-0.39, 0.29) is 112 Å². The third-order valence-corrected chi connectivity index (χ3v) is 20.8. The van der Waals surface area contributed by atoms with E-state index in [0.29, 0.717) is 0 Å². The zero-order valence-electron chi connectivity index (χ0n) is 79.7. The normalized spacial score (nSPS) is 10.7. The van der Waals surface area contributed by atoms with Gasteiger partial charge in [-0.05, 0) is 150 Å². The van der Waals surface area contributed by atoms with Crippen LogP contribution in [-0.4, -0.2) is 21.2 Å². The van der Waals surface area contributed by atoms with E-state index in [1.165, 1.54) is 183 Å². The number of nitrogens with zero attached hydrogens (tertiary/aromatic N) is 1. The smallest absolute Gasteiger partial charge is 0.870 e. The summed E-state index contributed by atoms with van der Waals surface area (Å²) in [5.41, 5.74) is 38.8. The first-order valence-corrected chi connectivity index (χ1v) is 45.1. The van der Waals surface area contributed by atoms with Crippen molar-refractivity contribution in [2.75, 3.05) is 0 Å². The van der Waals surface area contributed by atoms with Gasteiger partial charge in [0.2, 0.25) is 0 Å². The molecule has 1 radical (unpaired) electrons. The molecule has 129 heavy (non-hydrogen) atoms. The van der Waals surface area contributed by atoms with Gasteiger partial charge >= 0.3 is 59.1 Å². The van der Waals surface area contributed by atoms with Crippen LogP contribution >= 0.6 is 0 Å². The molecule has 0 amide bonds. The van der Waals surface area contributed by atoms with Crippen LogP contribution in [0.25, 0.3) is 111 Å². The molecule has 663 valence electrons. The Morgan fingerprint density at radius 2 is 0.488 bits per heavy atom. The van der Waals surface area contributed by atoms with Crippen LogP contribution in [-0.2, 0) is 22.4 Å². The number of hydrogen-bond donors (Lipinski definition) is 1. The molecule has 0 unspecified atom stereocenters. The fourth-order valence-corrected chi connectivity index (χ4v) is 16.9. The van der Waals surface area contributed by atoms with E-state index in [9.17, 15) is 0 Å². The van der Waals surface area contributed by atoms with Crippen LogP contribution in [0.3, 0.4) is 0 Å². The number of hydrogen-bond acceptors (Lipinski definition) is 3. The molecule has 9 heteroatoms. The van der Waals surface area contributed by atoms with Crippen LogP contribution < -0.4 is 59.1 Å². The van der Waals surface area contributed by atoms with Crippen LogP contribution in [0.4, 0.5) is 0 Å². The number of benzene rings is 14. The summed E-state index contributed by atoms with van der Waals surface area (Å²) in [4.78, 5) is 8.36. The average Bonchev–Trinajstić information content (AvgIpc) is 1.58. The van der Waals surface area contributed by atoms with Gasteiger partial charge in [-0.15, -0.1) is 10.1 Å². The minimum Gasteiger partial charge on any atom is -0.870 e. The fourth-order valence-electron chi connectivity index (χ4n) is 16.9. The molecule has 0 saturated carbocycles. The van der Waals surface area contributed by atoms with E-state index in [1.807, 2.05) is 157 Å². The topological polar surface area (TPSA) is 125 Å². The third-order valence-electron chi connectivity index (χ3n) is 20.8. The number of rotatable bonds is 8. The molecular formula is C120H135AgNNa2O5. The second-order valence-electron chi connectivity index (χ2n) is 26.3. The molecular weight excluding hydrogens is 1690 g/mol. The molecule has 0 heterocycles. The summed E-state index contributed by atoms with van der Waals surface area (Å²) in [7, 11) is 0. The summed E-state index contributed by atoms with van der Waals surface area (Å²) in [6, 6.07) is 128. The van der Waals surface area contributed by atoms with Crippen molar-refractivity contribution >= 4 is 55.0 Å². The molecule has 20 rings (SSSR count). The van der Waals surface area contributed by atoms with Crippen molar-refractivity contribution in [1.29, 1.82) is 0 Å². The van der Waals surface area contributed by atoms with E-state index in [0.717, 1.165) is 0 Å². The number of allylic oxidation sites excluding steroid dienone is 8. The fraction of sp³-hybridized carbons (Fsp3) is 0.192. The Balaban J connectivity index is 0.000000846. The molecule has 4 N–H and O–H groups in total. The van der Waals surface area contributed by atoms with Gasteiger partial charge in [0.25, 0.3) is 5.09 Å². The molecule has 5 aliphatic carbocycles. The first-order valence-electron chi connectivity index (χ1n) is 45.1. The molecule has 0 spiro atoms. The van der Waals surface area contributed by atoms with Crippen molar-refractivity contribution < 1.29 is 103 Å². The maximum atomic E-state index is 8.36. The van der Waals surface area contributed by atoms with Crippen LogP contribution in [0.1, 0.15) is 230 Å². The summed E-state index contributed by atoms with van der Waals surface area (Å²) >= 11 is 0. The molecule has 5 aliphatic rings. The monoisotopic (exact) mass is 1820 g/mol. The van der Waals surface area contributed by atoms with Gasteiger partial charge in [-0.2, -0.15) is 0 Å². The van der Waals surface area contributed by atoms with Crippen LogP contribution in [0.5, 0.6) is 0 Å². The van der Waals surface area contributed by atoms with E-state index in [2.05, 4.69) is 371 Å². The van der Waals surface area contributed by atoms with Gasteiger partial charge in [-0.3, -0.25) is 0 Å². The zero-order chi connectivity index (χ0) is 89.3. The van der Waals surface area contributed by atoms with Crippen LogP contribution in [0.2, 0.25) is 0 Å². The third kappa shape index (κ3) is 25.5. The van der Waals surface area contributed by atoms with Crippen molar-refractivity contribution in [2.45, 2.75) is 158 Å². The molecule has 15 aromatic carbocycles. The van der Waals surface area contributed by atoms with Gasteiger partial charge in [0, 0.05) is 34.2 Å². The van der Waals surface area contributed by atoms with Crippen LogP contribution in [0, 0.1) is 10.1 Å². The molecule has 0 fully saturated rings. The van der Waals surface area contributed by atoms with E-state index in [1.54, 1.807) is 0 Å². The van der Waals surface area contributed by atoms with Gasteiger partial charge in [0.1, 0.15) is 0 Å². The maximum absolute atomic E-state index is 8.36. The Labute approximate surface area is 834 Å². The zero-order valence-corrected chi connectivity index (χ0v) is 85.2. The largest absolute Gasteiger partial charge is 1.00 e. The van der Waals surface area contributed by atoms with Gasteiger partial charge in [-0.25, -0.2) is 0 Å². The predicted molar refractivity (Wildman–Crippen MR) is 554 cm³/mol. The average molecular weight is 1830 g/mol. The second kappa shape index (κ2) is 61.7. The summed E-state index contributed by atoms with van der Waals surface area (Å²) < 4.78 is 0. The van der Waals surface area contributed by atoms with Crippen molar-refractivity contribution in [2.24, 2.45) is 0 Å². The van der Waals surface area contributed by atoms with Crippen molar-refractivity contribution in [1.82, 2.24) is 0 Å². The summed E-state index contributed by atoms with van der Waals surface area (Å²) in [5.74, 6) is 0.378. The minimum atomic E-state index is -1.50. The van der Waals surface area contributed by atoms with Crippen molar-refractivity contribution in [3.8, 4) is 55.6 Å². The molecule has 0 atom stereocenters. The Bertz CT molecular complexity index is 5520. The molecule has 0 aromatic heterocycles. The van der Waals surface area contributed by atoms with E-state index >= 15 is 0 Å². The Morgan fingerprint density at radius 1 is 0.295 bits per heavy atom. The van der Waals surface area contributed by atoms with Crippen LogP contribution in [0.15, 0.2) is 389 Å². The predicted octanol–water partition coefficient (Wildman–Crippen LogP) is 29.4. The Hall–Kier alpha value is -10.7. The molecule has 0 aliphatic heterocycles. The van der Waals surface area contributed by atoms with E-state index < -0.39 is 5.09 Å². The van der Waals surface area contributed by atoms with Crippen molar-refractivity contribution in [3.63, 3.8) is 0 Å². The number of fused-ring (bicyclic) bond motifs is 18. The summed E-state index contributed by atoms with van der Waals surface area (Å²) in [6.45, 7) is 43.8. The summed E-state index contributed by atoms with van der Waals surface area (Å²) in [5, 5.41) is 18.8. The Kier molecular flexibility index (Phi) is 55.6. The van der Waals surface area contributed by atoms with Gasteiger partial charge in [-0.1, -0.05) is 567 Å². The Morgan fingerprint density at radius 3 is 0.729 bits per heavy atom. The minimum absolute atomic E-state index is 0. The van der Waals surface area contributed by atoms with Gasteiger partial charge in [0.05, 0.1) is 0 Å². The first kappa shape index (κ1) is 116. The molecule has 0 saturated heterocycles. The summed E-state index contributed by atoms with van der Waals surface area (Å²) in [6.07, 6.45) is 10.2. The van der Waals surface area contributed by atoms with E-state index in [4.69, 9.17) is 15.3 Å². The molecule has 15 aromatic rings. The SMILES string of the molecule is C.C=C/C=C\C=C\C(=C1c2ccccc2-c2ccccc21)[c-]1c2ccccc2c2ccccc21.CC.CC.CC.CC.CC.CC.CC.CC.CC.CC.O.O=[N+]([O-])O.[Ag].[Na+].[Na+].[OH-].c1ccc(C(=C2c3ccccc3-c3ccccc32)C2c3ccccc3-c3ccccc32)cc1.c1ccc(C(=C2c3ccccc3-c3ccccc32)C2c3ccccc3-c3ccccc32)cc1. The standard InChI is InChI=1S/2C33H22.C33H23.10C2H6.CH4.Ag.HNO3.2Na.2H2O/c2*1-2-12-22(13-3-1)31(32-27-18-8-4-14-23(27)24-15-5-9-19-28(24)32)33-29-20-10-6-16-25(29)26-17-7-11-21-30(26)33;1-2-3-4-5-22-31(32-27-18-10-6-14-23(27)24-15-7-11-19-28(24)32)33-29-20-12-8-16-25(29)26-17-9-13-21-30(26)33;10*1-2;;;2-1(3)4;;;;/h2*1-21,32H;2-22H,1H2;10*1-2H3;1H4;;(H,2,3,4);;;2*1H2/q;;-1;;;;;;;;;;;;;;2*+1;;/p-1/b;;4-3-,22-5+;;;;;;;;;;;;;;;;;. The van der Waals surface area contributed by atoms with Crippen molar-refractivity contribution in [3.05, 3.63) is 471 Å². The molecule has 6 nitrogen and oxygen atoms in total. The second-order valence-corrected chi connectivity index (χ2v) is 26.3. The first-order chi connectivity index (χ1) is 60.9.